The zero-order valence-corrected chi connectivity index (χ0v) is 12.2. The Bertz CT molecular complexity index is 549. The topological polar surface area (TPSA) is 56.7 Å². The summed E-state index contributed by atoms with van der Waals surface area (Å²) in [6.45, 7) is 1.01. The maximum absolute atomic E-state index is 5.75. The second-order valence-corrected chi connectivity index (χ2v) is 7.03. The van der Waals surface area contributed by atoms with Gasteiger partial charge in [0.15, 0.2) is 0 Å². The fourth-order valence-electron chi connectivity index (χ4n) is 2.18. The molecule has 1 atom stereocenters. The Hall–Kier alpha value is -1.14. The third-order valence-electron chi connectivity index (χ3n) is 3.07. The Kier molecular flexibility index (Phi) is 3.98. The summed E-state index contributed by atoms with van der Waals surface area (Å²) in [6.07, 6.45) is 5.55. The molecule has 1 aliphatic rings. The number of nitrogens with zero attached hydrogens (tertiary/aromatic N) is 3. The van der Waals surface area contributed by atoms with Crippen LogP contribution < -0.4 is 5.73 Å². The average Bonchev–Trinajstić information content (AvgIpc) is 2.88. The molecular weight excluding hydrogens is 276 g/mol. The first-order chi connectivity index (χ1) is 9.33. The molecule has 3 heterocycles. The van der Waals surface area contributed by atoms with Crippen molar-refractivity contribution < 1.29 is 0 Å². The lowest BCUT2D eigenvalue weighted by Crippen LogP contribution is -2.20. The number of aromatic nitrogens is 3. The Morgan fingerprint density at radius 3 is 3.16 bits per heavy atom. The summed E-state index contributed by atoms with van der Waals surface area (Å²) in [5, 5.41) is 0.672. The molecule has 2 aromatic heterocycles. The molecule has 0 saturated carbocycles. The Balaban J connectivity index is 1.81. The van der Waals surface area contributed by atoms with E-state index >= 15 is 0 Å². The van der Waals surface area contributed by atoms with Crippen LogP contribution in [0, 0.1) is 0 Å². The van der Waals surface area contributed by atoms with E-state index in [9.17, 15) is 0 Å². The number of hydrogen-bond acceptors (Lipinski definition) is 5. The summed E-state index contributed by atoms with van der Waals surface area (Å²) < 4.78 is 2.22. The van der Waals surface area contributed by atoms with Gasteiger partial charge in [0, 0.05) is 40.8 Å². The first-order valence-electron chi connectivity index (χ1n) is 6.24. The molecule has 2 N–H and O–H groups in total. The van der Waals surface area contributed by atoms with E-state index in [4.69, 9.17) is 5.73 Å². The Labute approximate surface area is 121 Å². The van der Waals surface area contributed by atoms with Crippen molar-refractivity contribution in [3.05, 3.63) is 30.9 Å². The number of hydrogen-bond donors (Lipinski definition) is 1. The van der Waals surface area contributed by atoms with Crippen LogP contribution in [0.3, 0.4) is 0 Å². The van der Waals surface area contributed by atoms with Gasteiger partial charge in [-0.1, -0.05) is 0 Å². The summed E-state index contributed by atoms with van der Waals surface area (Å²) in [5.41, 5.74) is 7.95. The van der Waals surface area contributed by atoms with Crippen molar-refractivity contribution in [3.63, 3.8) is 0 Å². The van der Waals surface area contributed by atoms with Crippen LogP contribution in [0.25, 0.3) is 11.3 Å². The number of rotatable bonds is 3. The van der Waals surface area contributed by atoms with Crippen molar-refractivity contribution in [3.8, 4) is 11.3 Å². The Morgan fingerprint density at radius 2 is 2.37 bits per heavy atom. The predicted molar refractivity (Wildman–Crippen MR) is 83.4 cm³/mol. The van der Waals surface area contributed by atoms with E-state index < -0.39 is 0 Å². The number of pyridine rings is 1. The Morgan fingerprint density at radius 1 is 1.42 bits per heavy atom. The lowest BCUT2D eigenvalue weighted by Gasteiger charge is -2.22. The van der Waals surface area contributed by atoms with Gasteiger partial charge < -0.3 is 10.3 Å². The monoisotopic (exact) mass is 292 g/mol. The maximum atomic E-state index is 5.75. The highest BCUT2D eigenvalue weighted by Crippen LogP contribution is 2.27. The lowest BCUT2D eigenvalue weighted by molar-refractivity contribution is 0.700. The molecule has 0 radical (unpaired) electrons. The highest BCUT2D eigenvalue weighted by atomic mass is 32.2. The molecule has 0 spiro atoms. The molecule has 100 valence electrons. The second-order valence-electron chi connectivity index (χ2n) is 4.47. The minimum absolute atomic E-state index is 0.549. The number of imidazole rings is 1. The molecule has 0 amide bonds. The number of thioether (sulfide) groups is 2. The third-order valence-corrected chi connectivity index (χ3v) is 5.90. The van der Waals surface area contributed by atoms with E-state index in [1.54, 1.807) is 6.20 Å². The SMILES string of the molecule is Nc1cc(-c2cncn2CC2CSCCS2)ccn1. The third kappa shape index (κ3) is 3.06. The largest absolute Gasteiger partial charge is 0.384 e. The minimum atomic E-state index is 0.549. The summed E-state index contributed by atoms with van der Waals surface area (Å²) in [4.78, 5) is 8.32. The van der Waals surface area contributed by atoms with E-state index in [0.29, 0.717) is 11.1 Å². The zero-order valence-electron chi connectivity index (χ0n) is 10.5. The molecule has 4 nitrogen and oxygen atoms in total. The number of nitrogens with two attached hydrogens (primary N) is 1. The van der Waals surface area contributed by atoms with Crippen LogP contribution in [0.15, 0.2) is 30.9 Å². The number of nitrogen functional groups attached to an aromatic ring is 1. The second kappa shape index (κ2) is 5.88. The van der Waals surface area contributed by atoms with Gasteiger partial charge in [0.25, 0.3) is 0 Å². The van der Waals surface area contributed by atoms with Gasteiger partial charge in [0.1, 0.15) is 5.82 Å². The molecule has 3 rings (SSSR count). The smallest absolute Gasteiger partial charge is 0.123 e. The van der Waals surface area contributed by atoms with Gasteiger partial charge in [-0.25, -0.2) is 9.97 Å². The van der Waals surface area contributed by atoms with Crippen molar-refractivity contribution in [1.29, 1.82) is 0 Å². The van der Waals surface area contributed by atoms with Crippen LogP contribution >= 0.6 is 23.5 Å². The summed E-state index contributed by atoms with van der Waals surface area (Å²) >= 11 is 4.11. The molecule has 1 unspecified atom stereocenters. The van der Waals surface area contributed by atoms with E-state index in [2.05, 4.69) is 26.3 Å². The molecular formula is C13H16N4S2. The van der Waals surface area contributed by atoms with Crippen molar-refractivity contribution in [2.75, 3.05) is 23.0 Å². The van der Waals surface area contributed by atoms with Gasteiger partial charge in [-0.05, 0) is 12.1 Å². The molecule has 1 fully saturated rings. The number of anilines is 1. The highest BCUT2D eigenvalue weighted by Gasteiger charge is 2.16. The maximum Gasteiger partial charge on any atom is 0.123 e. The molecule has 6 heteroatoms. The minimum Gasteiger partial charge on any atom is -0.384 e. The van der Waals surface area contributed by atoms with Crippen molar-refractivity contribution >= 4 is 29.3 Å². The van der Waals surface area contributed by atoms with E-state index in [-0.39, 0.29) is 0 Å². The fourth-order valence-corrected chi connectivity index (χ4v) is 4.84. The standard InChI is InChI=1S/C13H16N4S2/c14-13-5-10(1-2-16-13)12-6-15-9-17(12)7-11-8-18-3-4-19-11/h1-2,5-6,9,11H,3-4,7-8H2,(H2,14,16). The first-order valence-corrected chi connectivity index (χ1v) is 8.44. The summed E-state index contributed by atoms with van der Waals surface area (Å²) in [5.74, 6) is 4.30. The zero-order chi connectivity index (χ0) is 13.1. The van der Waals surface area contributed by atoms with Crippen LogP contribution in [0.1, 0.15) is 0 Å². The van der Waals surface area contributed by atoms with E-state index in [1.807, 2.05) is 36.4 Å². The summed E-state index contributed by atoms with van der Waals surface area (Å²) in [6, 6.07) is 3.88. The van der Waals surface area contributed by atoms with Crippen LogP contribution in [-0.4, -0.2) is 37.0 Å². The van der Waals surface area contributed by atoms with Gasteiger partial charge in [0.05, 0.1) is 18.2 Å². The molecule has 0 aliphatic carbocycles. The molecule has 1 aliphatic heterocycles. The van der Waals surface area contributed by atoms with E-state index in [1.165, 1.54) is 17.3 Å². The van der Waals surface area contributed by atoms with Gasteiger partial charge >= 0.3 is 0 Å². The molecule has 2 aromatic rings. The molecule has 0 bridgehead atoms. The van der Waals surface area contributed by atoms with Crippen molar-refractivity contribution in [2.24, 2.45) is 0 Å². The average molecular weight is 292 g/mol. The van der Waals surface area contributed by atoms with Crippen LogP contribution in [-0.2, 0) is 6.54 Å². The van der Waals surface area contributed by atoms with E-state index in [0.717, 1.165) is 17.8 Å². The summed E-state index contributed by atoms with van der Waals surface area (Å²) in [7, 11) is 0. The molecule has 19 heavy (non-hydrogen) atoms. The molecule has 1 saturated heterocycles. The van der Waals surface area contributed by atoms with Gasteiger partial charge in [-0.15, -0.1) is 0 Å². The van der Waals surface area contributed by atoms with Gasteiger partial charge in [0.2, 0.25) is 0 Å². The van der Waals surface area contributed by atoms with Gasteiger partial charge in [-0.3, -0.25) is 0 Å². The van der Waals surface area contributed by atoms with Crippen molar-refractivity contribution in [2.45, 2.75) is 11.8 Å². The molecule has 0 aromatic carbocycles. The fraction of sp³-hybridized carbons (Fsp3) is 0.385. The van der Waals surface area contributed by atoms with Crippen LogP contribution in [0.4, 0.5) is 5.82 Å². The lowest BCUT2D eigenvalue weighted by atomic mass is 10.2. The normalized spacial score (nSPS) is 19.5. The first kappa shape index (κ1) is 12.9. The predicted octanol–water partition coefficient (Wildman–Crippen LogP) is 2.38. The van der Waals surface area contributed by atoms with Crippen molar-refractivity contribution in [1.82, 2.24) is 14.5 Å². The van der Waals surface area contributed by atoms with Crippen LogP contribution in [0.5, 0.6) is 0 Å². The highest BCUT2D eigenvalue weighted by molar-refractivity contribution is 8.06. The van der Waals surface area contributed by atoms with Gasteiger partial charge in [-0.2, -0.15) is 23.5 Å². The quantitative estimate of drug-likeness (QED) is 0.941. The van der Waals surface area contributed by atoms with Crippen LogP contribution in [0.2, 0.25) is 0 Å².